The monoisotopic (exact) mass is 376 g/mol. The van der Waals surface area contributed by atoms with Gasteiger partial charge in [0.1, 0.15) is 5.75 Å². The van der Waals surface area contributed by atoms with Gasteiger partial charge in [-0.25, -0.2) is 0 Å². The van der Waals surface area contributed by atoms with Crippen LogP contribution in [0.15, 0.2) is 72.1 Å². The molecule has 0 atom stereocenters. The summed E-state index contributed by atoms with van der Waals surface area (Å²) >= 11 is 1.64. The van der Waals surface area contributed by atoms with Crippen LogP contribution in [0.1, 0.15) is 16.0 Å². The van der Waals surface area contributed by atoms with Crippen LogP contribution in [0, 0.1) is 11.3 Å². The van der Waals surface area contributed by atoms with Crippen molar-refractivity contribution >= 4 is 17.2 Å². The lowest BCUT2D eigenvalue weighted by atomic mass is 10.1. The Morgan fingerprint density at radius 2 is 1.93 bits per heavy atom. The molecule has 3 aromatic rings. The maximum atomic E-state index is 12.8. The topological polar surface area (TPSA) is 53.3 Å². The Hall–Kier alpha value is -3.10. The first-order valence-corrected chi connectivity index (χ1v) is 9.59. The number of nitrogens with zero attached hydrogens (tertiary/aromatic N) is 2. The summed E-state index contributed by atoms with van der Waals surface area (Å²) in [4.78, 5) is 15.7. The molecular formula is C22H20N2O2S. The number of ether oxygens (including phenoxy) is 1. The summed E-state index contributed by atoms with van der Waals surface area (Å²) in [6, 6.07) is 23.1. The lowest BCUT2D eigenvalue weighted by Gasteiger charge is -2.22. The molecule has 1 aromatic heterocycles. The fraction of sp³-hybridized carbons (Fsp3) is 0.182. The second-order valence-electron chi connectivity index (χ2n) is 6.06. The van der Waals surface area contributed by atoms with Crippen molar-refractivity contribution in [3.05, 3.63) is 88.1 Å². The summed E-state index contributed by atoms with van der Waals surface area (Å²) in [6.45, 7) is 1.16. The van der Waals surface area contributed by atoms with Crippen molar-refractivity contribution < 1.29 is 9.53 Å². The fourth-order valence-electron chi connectivity index (χ4n) is 2.68. The summed E-state index contributed by atoms with van der Waals surface area (Å²) in [5.74, 6) is 0.461. The molecule has 0 spiro atoms. The maximum Gasteiger partial charge on any atom is 0.260 e. The minimum absolute atomic E-state index is 0.0466. The fourth-order valence-corrected chi connectivity index (χ4v) is 3.40. The molecule has 0 aliphatic carbocycles. The largest absolute Gasteiger partial charge is 0.484 e. The molecule has 3 rings (SSSR count). The summed E-state index contributed by atoms with van der Waals surface area (Å²) in [6.07, 6.45) is 0.794. The SMILES string of the molecule is N#Cc1cccc(OCC(=O)N(CCc2ccccc2)Cc2cccs2)c1. The first-order valence-electron chi connectivity index (χ1n) is 8.71. The highest BCUT2D eigenvalue weighted by Crippen LogP contribution is 2.15. The molecule has 1 heterocycles. The summed E-state index contributed by atoms with van der Waals surface area (Å²) < 4.78 is 5.62. The van der Waals surface area contributed by atoms with Gasteiger partial charge in [0.25, 0.3) is 5.91 Å². The molecule has 0 aliphatic heterocycles. The molecule has 0 saturated carbocycles. The van der Waals surface area contributed by atoms with Crippen molar-refractivity contribution in [3.63, 3.8) is 0 Å². The van der Waals surface area contributed by atoms with Gasteiger partial charge >= 0.3 is 0 Å². The van der Waals surface area contributed by atoms with Crippen molar-refractivity contribution in [2.24, 2.45) is 0 Å². The molecule has 0 aliphatic rings. The van der Waals surface area contributed by atoms with E-state index in [-0.39, 0.29) is 12.5 Å². The van der Waals surface area contributed by atoms with Crippen LogP contribution < -0.4 is 4.74 Å². The van der Waals surface area contributed by atoms with E-state index in [0.717, 1.165) is 11.3 Å². The summed E-state index contributed by atoms with van der Waals surface area (Å²) in [5.41, 5.74) is 1.71. The van der Waals surface area contributed by atoms with Gasteiger partial charge in [0.15, 0.2) is 6.61 Å². The first kappa shape index (κ1) is 18.7. The number of rotatable bonds is 8. The third-order valence-corrected chi connectivity index (χ3v) is 4.98. The van der Waals surface area contributed by atoms with Crippen LogP contribution >= 0.6 is 11.3 Å². The molecule has 0 N–H and O–H groups in total. The van der Waals surface area contributed by atoms with Crippen LogP contribution in [0.3, 0.4) is 0 Å². The lowest BCUT2D eigenvalue weighted by molar-refractivity contribution is -0.133. The number of carbonyl (C=O) groups is 1. The van der Waals surface area contributed by atoms with E-state index in [1.165, 1.54) is 5.56 Å². The van der Waals surface area contributed by atoms with Gasteiger partial charge in [-0.2, -0.15) is 5.26 Å². The number of hydrogen-bond acceptors (Lipinski definition) is 4. The van der Waals surface area contributed by atoms with Crippen molar-refractivity contribution in [2.75, 3.05) is 13.2 Å². The van der Waals surface area contributed by atoms with Crippen LogP contribution in [0.2, 0.25) is 0 Å². The third kappa shape index (κ3) is 5.70. The Kier molecular flexibility index (Phi) is 6.61. The van der Waals surface area contributed by atoms with Crippen molar-refractivity contribution in [1.29, 1.82) is 5.26 Å². The molecule has 5 heteroatoms. The van der Waals surface area contributed by atoms with Crippen molar-refractivity contribution in [1.82, 2.24) is 4.90 Å². The number of thiophene rings is 1. The number of carbonyl (C=O) groups excluding carboxylic acids is 1. The second kappa shape index (κ2) is 9.56. The van der Waals surface area contributed by atoms with Crippen LogP contribution in [0.25, 0.3) is 0 Å². The van der Waals surface area contributed by atoms with E-state index in [0.29, 0.717) is 24.4 Å². The van der Waals surface area contributed by atoms with Gasteiger partial charge in [-0.05, 0) is 41.6 Å². The zero-order valence-corrected chi connectivity index (χ0v) is 15.7. The van der Waals surface area contributed by atoms with E-state index in [4.69, 9.17) is 10.00 Å². The van der Waals surface area contributed by atoms with Gasteiger partial charge in [0.05, 0.1) is 18.2 Å². The minimum Gasteiger partial charge on any atom is -0.484 e. The standard InChI is InChI=1S/C22H20N2O2S/c23-15-19-8-4-9-20(14-19)26-17-22(25)24(16-21-10-5-13-27-21)12-11-18-6-2-1-3-7-18/h1-10,13-14H,11-12,16-17H2. The van der Waals surface area contributed by atoms with Gasteiger partial charge in [-0.1, -0.05) is 42.5 Å². The first-order chi connectivity index (χ1) is 13.2. The molecule has 2 aromatic carbocycles. The maximum absolute atomic E-state index is 12.8. The van der Waals surface area contributed by atoms with Gasteiger partial charge in [0.2, 0.25) is 0 Å². The minimum atomic E-state index is -0.0679. The third-order valence-electron chi connectivity index (χ3n) is 4.12. The number of hydrogen-bond donors (Lipinski definition) is 0. The zero-order valence-electron chi connectivity index (χ0n) is 14.9. The van der Waals surface area contributed by atoms with E-state index < -0.39 is 0 Å². The molecule has 4 nitrogen and oxygen atoms in total. The van der Waals surface area contributed by atoms with Crippen LogP contribution in [0.5, 0.6) is 5.75 Å². The van der Waals surface area contributed by atoms with Crippen LogP contribution in [-0.2, 0) is 17.8 Å². The lowest BCUT2D eigenvalue weighted by Crippen LogP contribution is -2.35. The quantitative estimate of drug-likeness (QED) is 0.590. The molecule has 0 bridgehead atoms. The van der Waals surface area contributed by atoms with E-state index >= 15 is 0 Å². The smallest absolute Gasteiger partial charge is 0.260 e. The molecule has 0 radical (unpaired) electrons. The van der Waals surface area contributed by atoms with Gasteiger partial charge < -0.3 is 9.64 Å². The Morgan fingerprint density at radius 3 is 2.67 bits per heavy atom. The molecule has 27 heavy (non-hydrogen) atoms. The van der Waals surface area contributed by atoms with Gasteiger partial charge in [0, 0.05) is 11.4 Å². The van der Waals surface area contributed by atoms with E-state index in [1.807, 2.05) is 40.6 Å². The predicted octanol–water partition coefficient (Wildman–Crippen LogP) is 4.27. The average molecular weight is 376 g/mol. The van der Waals surface area contributed by atoms with Crippen molar-refractivity contribution in [2.45, 2.75) is 13.0 Å². The summed E-state index contributed by atoms with van der Waals surface area (Å²) in [5, 5.41) is 11.0. The van der Waals surface area contributed by atoms with E-state index in [1.54, 1.807) is 35.6 Å². The average Bonchev–Trinajstić information content (AvgIpc) is 3.23. The molecule has 0 saturated heterocycles. The van der Waals surface area contributed by atoms with Crippen molar-refractivity contribution in [3.8, 4) is 11.8 Å². The predicted molar refractivity (Wildman–Crippen MR) is 107 cm³/mol. The zero-order chi connectivity index (χ0) is 18.9. The number of amides is 1. The molecule has 1 amide bonds. The molecular weight excluding hydrogens is 356 g/mol. The highest BCUT2D eigenvalue weighted by atomic mass is 32.1. The highest BCUT2D eigenvalue weighted by molar-refractivity contribution is 7.09. The normalized spacial score (nSPS) is 10.2. The van der Waals surface area contributed by atoms with Crippen LogP contribution in [0.4, 0.5) is 0 Å². The highest BCUT2D eigenvalue weighted by Gasteiger charge is 2.15. The van der Waals surface area contributed by atoms with E-state index in [2.05, 4.69) is 18.2 Å². The Balaban J connectivity index is 1.63. The Labute approximate surface area is 163 Å². The second-order valence-corrected chi connectivity index (χ2v) is 7.09. The molecule has 0 fully saturated rings. The summed E-state index contributed by atoms with van der Waals surface area (Å²) in [7, 11) is 0. The Morgan fingerprint density at radius 1 is 1.07 bits per heavy atom. The Bertz CT molecular complexity index is 902. The number of benzene rings is 2. The molecule has 136 valence electrons. The number of nitriles is 1. The van der Waals surface area contributed by atoms with Crippen LogP contribution in [-0.4, -0.2) is 24.0 Å². The van der Waals surface area contributed by atoms with Gasteiger partial charge in [-0.3, -0.25) is 4.79 Å². The van der Waals surface area contributed by atoms with Gasteiger partial charge in [-0.15, -0.1) is 11.3 Å². The van der Waals surface area contributed by atoms with E-state index in [9.17, 15) is 4.79 Å². The molecule has 0 unspecified atom stereocenters.